The summed E-state index contributed by atoms with van der Waals surface area (Å²) < 4.78 is 2.14. The first-order valence-corrected chi connectivity index (χ1v) is 10.8. The average Bonchev–Trinajstić information content (AvgIpc) is 3.22. The van der Waals surface area contributed by atoms with E-state index in [4.69, 9.17) is 16.6 Å². The van der Waals surface area contributed by atoms with E-state index in [1.165, 1.54) is 22.2 Å². The number of aryl methyl sites for hydroxylation is 2. The highest BCUT2D eigenvalue weighted by Crippen LogP contribution is 2.36. The minimum absolute atomic E-state index is 0.150. The summed E-state index contributed by atoms with van der Waals surface area (Å²) in [6, 6.07) is 9.25. The van der Waals surface area contributed by atoms with Gasteiger partial charge in [-0.2, -0.15) is 0 Å². The highest BCUT2D eigenvalue weighted by molar-refractivity contribution is 7.23. The molecule has 158 valence electrons. The van der Waals surface area contributed by atoms with Crippen LogP contribution in [-0.2, 0) is 17.9 Å². The molecule has 0 saturated carbocycles. The van der Waals surface area contributed by atoms with Gasteiger partial charge in [0.1, 0.15) is 6.54 Å². The van der Waals surface area contributed by atoms with Crippen molar-refractivity contribution in [2.75, 3.05) is 4.90 Å². The molecule has 0 unspecified atom stereocenters. The van der Waals surface area contributed by atoms with Crippen LogP contribution in [0.15, 0.2) is 47.7 Å². The number of aromatic nitrogens is 4. The first-order valence-electron chi connectivity index (χ1n) is 9.63. The molecule has 4 aromatic rings. The zero-order chi connectivity index (χ0) is 22.1. The van der Waals surface area contributed by atoms with Crippen LogP contribution < -0.4 is 10.5 Å². The number of amides is 1. The van der Waals surface area contributed by atoms with E-state index in [1.807, 2.05) is 37.3 Å². The molecule has 0 aliphatic carbocycles. The van der Waals surface area contributed by atoms with Crippen LogP contribution in [0, 0.1) is 20.8 Å². The van der Waals surface area contributed by atoms with Gasteiger partial charge < -0.3 is 0 Å². The lowest BCUT2D eigenvalue weighted by Gasteiger charge is -2.20. The summed E-state index contributed by atoms with van der Waals surface area (Å²) in [6.45, 7) is 5.50. The lowest BCUT2D eigenvalue weighted by atomic mass is 10.2. The summed E-state index contributed by atoms with van der Waals surface area (Å²) in [6.07, 6.45) is 3.08. The zero-order valence-corrected chi connectivity index (χ0v) is 18.9. The van der Waals surface area contributed by atoms with Crippen LogP contribution in [0.1, 0.15) is 22.5 Å². The van der Waals surface area contributed by atoms with Gasteiger partial charge in [-0.3, -0.25) is 24.0 Å². The molecule has 0 aliphatic rings. The summed E-state index contributed by atoms with van der Waals surface area (Å²) in [5.41, 5.74) is 3.38. The van der Waals surface area contributed by atoms with Crippen molar-refractivity contribution in [2.45, 2.75) is 33.9 Å². The van der Waals surface area contributed by atoms with Crippen LogP contribution in [0.4, 0.5) is 5.13 Å². The second-order valence-corrected chi connectivity index (χ2v) is 8.61. The Kier molecular flexibility index (Phi) is 5.84. The first-order chi connectivity index (χ1) is 14.8. The van der Waals surface area contributed by atoms with E-state index in [-0.39, 0.29) is 24.6 Å². The van der Waals surface area contributed by atoms with Crippen molar-refractivity contribution in [3.63, 3.8) is 0 Å². The maximum Gasteiger partial charge on any atom is 0.256 e. The average molecular weight is 454 g/mol. The third-order valence-electron chi connectivity index (χ3n) is 5.08. The van der Waals surface area contributed by atoms with Gasteiger partial charge in [0.25, 0.3) is 5.56 Å². The molecule has 0 radical (unpaired) electrons. The molecule has 7 nitrogen and oxygen atoms in total. The minimum atomic E-state index is -0.286. The van der Waals surface area contributed by atoms with Crippen molar-refractivity contribution in [3.05, 3.63) is 80.7 Å². The maximum atomic E-state index is 13.4. The van der Waals surface area contributed by atoms with E-state index >= 15 is 0 Å². The summed E-state index contributed by atoms with van der Waals surface area (Å²) in [4.78, 5) is 40.7. The van der Waals surface area contributed by atoms with Gasteiger partial charge in [0, 0.05) is 17.5 Å². The number of carbonyl (C=O) groups excluding carboxylic acids is 1. The molecule has 0 aliphatic heterocycles. The number of nitrogens with zero attached hydrogens (tertiary/aromatic N) is 5. The molecule has 0 bridgehead atoms. The summed E-state index contributed by atoms with van der Waals surface area (Å²) in [7, 11) is 0. The molecule has 3 aromatic heterocycles. The first kappa shape index (κ1) is 21.1. The molecule has 9 heteroatoms. The van der Waals surface area contributed by atoms with Crippen molar-refractivity contribution in [1.29, 1.82) is 0 Å². The van der Waals surface area contributed by atoms with E-state index in [0.717, 1.165) is 15.8 Å². The Morgan fingerprint density at radius 3 is 2.68 bits per heavy atom. The van der Waals surface area contributed by atoms with Gasteiger partial charge in [0.05, 0.1) is 33.8 Å². The molecule has 0 N–H and O–H groups in total. The fourth-order valence-electron chi connectivity index (χ4n) is 3.14. The molecule has 0 spiro atoms. The van der Waals surface area contributed by atoms with Gasteiger partial charge in [-0.05, 0) is 44.5 Å². The number of carbonyl (C=O) groups is 1. The standard InChI is InChI=1S/C22H20ClN5O2S/c1-13-7-8-17(23)20-19(13)26-22(31-20)28(10-16-6-4-5-9-24-16)18(29)11-27-12-25-15(3)14(2)21(27)30/h4-9,12H,10-11H2,1-3H3. The normalized spacial score (nSPS) is 11.1. The molecule has 0 atom stereocenters. The van der Waals surface area contributed by atoms with Gasteiger partial charge in [-0.15, -0.1) is 0 Å². The molecular weight excluding hydrogens is 434 g/mol. The van der Waals surface area contributed by atoms with Crippen molar-refractivity contribution in [3.8, 4) is 0 Å². The fraction of sp³-hybridized carbons (Fsp3) is 0.227. The monoisotopic (exact) mass is 453 g/mol. The molecule has 3 heterocycles. The number of fused-ring (bicyclic) bond motifs is 1. The molecule has 0 saturated heterocycles. The number of hydrogen-bond acceptors (Lipinski definition) is 6. The Bertz CT molecular complexity index is 1290. The molecule has 1 amide bonds. The Hall–Kier alpha value is -3.10. The van der Waals surface area contributed by atoms with Crippen molar-refractivity contribution < 1.29 is 4.79 Å². The Morgan fingerprint density at radius 2 is 1.97 bits per heavy atom. The van der Waals surface area contributed by atoms with Crippen LogP contribution in [0.5, 0.6) is 0 Å². The van der Waals surface area contributed by atoms with Gasteiger partial charge in [-0.1, -0.05) is 35.1 Å². The van der Waals surface area contributed by atoms with Crippen LogP contribution in [0.2, 0.25) is 5.02 Å². The Morgan fingerprint density at radius 1 is 1.16 bits per heavy atom. The Labute approximate surface area is 188 Å². The topological polar surface area (TPSA) is 81.0 Å². The number of hydrogen-bond donors (Lipinski definition) is 0. The van der Waals surface area contributed by atoms with E-state index in [1.54, 1.807) is 24.9 Å². The predicted molar refractivity (Wildman–Crippen MR) is 123 cm³/mol. The van der Waals surface area contributed by atoms with E-state index in [0.29, 0.717) is 27.1 Å². The van der Waals surface area contributed by atoms with Crippen LogP contribution >= 0.6 is 22.9 Å². The minimum Gasteiger partial charge on any atom is -0.289 e. The molecule has 4 rings (SSSR count). The SMILES string of the molecule is Cc1ncn(CC(=O)N(Cc2ccccn2)c2nc3c(C)ccc(Cl)c3s2)c(=O)c1C. The summed E-state index contributed by atoms with van der Waals surface area (Å²) >= 11 is 7.72. The molecule has 31 heavy (non-hydrogen) atoms. The smallest absolute Gasteiger partial charge is 0.256 e. The quantitative estimate of drug-likeness (QED) is 0.455. The highest BCUT2D eigenvalue weighted by atomic mass is 35.5. The van der Waals surface area contributed by atoms with E-state index in [2.05, 4.69) is 9.97 Å². The predicted octanol–water partition coefficient (Wildman–Crippen LogP) is 4.06. The molecule has 0 fully saturated rings. The van der Waals surface area contributed by atoms with Gasteiger partial charge in [0.2, 0.25) is 5.91 Å². The lowest BCUT2D eigenvalue weighted by Crippen LogP contribution is -2.37. The number of rotatable bonds is 5. The van der Waals surface area contributed by atoms with Crippen molar-refractivity contribution in [2.24, 2.45) is 0 Å². The maximum absolute atomic E-state index is 13.4. The second kappa shape index (κ2) is 8.56. The van der Waals surface area contributed by atoms with Crippen molar-refractivity contribution in [1.82, 2.24) is 19.5 Å². The summed E-state index contributed by atoms with van der Waals surface area (Å²) in [5, 5.41) is 1.09. The van der Waals surface area contributed by atoms with Gasteiger partial charge in [-0.25, -0.2) is 9.97 Å². The van der Waals surface area contributed by atoms with Crippen LogP contribution in [-0.4, -0.2) is 25.4 Å². The Balaban J connectivity index is 1.75. The molecular formula is C22H20ClN5O2S. The highest BCUT2D eigenvalue weighted by Gasteiger charge is 2.23. The third-order valence-corrected chi connectivity index (χ3v) is 6.62. The lowest BCUT2D eigenvalue weighted by molar-refractivity contribution is -0.119. The second-order valence-electron chi connectivity index (χ2n) is 7.23. The number of halogens is 1. The summed E-state index contributed by atoms with van der Waals surface area (Å²) in [5.74, 6) is -0.286. The van der Waals surface area contributed by atoms with E-state index < -0.39 is 0 Å². The van der Waals surface area contributed by atoms with Crippen LogP contribution in [0.3, 0.4) is 0 Å². The van der Waals surface area contributed by atoms with Crippen LogP contribution in [0.25, 0.3) is 10.2 Å². The fourth-order valence-corrected chi connectivity index (χ4v) is 4.47. The number of anilines is 1. The van der Waals surface area contributed by atoms with E-state index in [9.17, 15) is 9.59 Å². The van der Waals surface area contributed by atoms with Crippen molar-refractivity contribution >= 4 is 44.2 Å². The van der Waals surface area contributed by atoms with Gasteiger partial charge >= 0.3 is 0 Å². The number of pyridine rings is 1. The number of thiazole rings is 1. The zero-order valence-electron chi connectivity index (χ0n) is 17.3. The van der Waals surface area contributed by atoms with Gasteiger partial charge in [0.15, 0.2) is 5.13 Å². The third kappa shape index (κ3) is 4.22. The number of benzene rings is 1. The largest absolute Gasteiger partial charge is 0.289 e. The molecule has 1 aromatic carbocycles.